The molecule has 4 aromatic rings. The summed E-state index contributed by atoms with van der Waals surface area (Å²) in [6.45, 7) is 1.87. The van der Waals surface area contributed by atoms with Crippen LogP contribution in [0.2, 0.25) is 0 Å². The van der Waals surface area contributed by atoms with Crippen molar-refractivity contribution in [2.45, 2.75) is 18.2 Å². The van der Waals surface area contributed by atoms with Crippen LogP contribution in [-0.2, 0) is 16.5 Å². The molecule has 146 valence electrons. The van der Waals surface area contributed by atoms with Gasteiger partial charge < -0.3 is 9.17 Å². The van der Waals surface area contributed by atoms with Gasteiger partial charge in [0.25, 0.3) is 5.56 Å². The Morgan fingerprint density at radius 3 is 2.41 bits per heavy atom. The van der Waals surface area contributed by atoms with Gasteiger partial charge in [-0.1, -0.05) is 48.0 Å². The molecule has 1 heterocycles. The Balaban J connectivity index is 1.64. The fourth-order valence-electron chi connectivity index (χ4n) is 2.97. The van der Waals surface area contributed by atoms with Crippen LogP contribution in [0, 0.1) is 6.92 Å². The summed E-state index contributed by atoms with van der Waals surface area (Å²) in [5.41, 5.74) is 2.09. The van der Waals surface area contributed by atoms with E-state index in [2.05, 4.69) is 9.97 Å². The Morgan fingerprint density at radius 1 is 0.966 bits per heavy atom. The van der Waals surface area contributed by atoms with E-state index in [0.29, 0.717) is 17.8 Å². The van der Waals surface area contributed by atoms with Crippen LogP contribution in [0.1, 0.15) is 17.0 Å². The number of fused-ring (bicyclic) bond motifs is 1. The van der Waals surface area contributed by atoms with Crippen LogP contribution in [0.25, 0.3) is 10.9 Å². The summed E-state index contributed by atoms with van der Waals surface area (Å²) in [7, 11) is -3.99. The molecule has 0 aliphatic carbocycles. The van der Waals surface area contributed by atoms with Gasteiger partial charge in [0.2, 0.25) is 0 Å². The lowest BCUT2D eigenvalue weighted by atomic mass is 10.1. The van der Waals surface area contributed by atoms with Gasteiger partial charge in [0.05, 0.1) is 10.9 Å². The Morgan fingerprint density at radius 2 is 1.69 bits per heavy atom. The zero-order chi connectivity index (χ0) is 20.4. The molecule has 7 heteroatoms. The van der Waals surface area contributed by atoms with Crippen LogP contribution in [-0.4, -0.2) is 18.4 Å². The van der Waals surface area contributed by atoms with E-state index < -0.39 is 10.1 Å². The van der Waals surface area contributed by atoms with Crippen molar-refractivity contribution in [1.82, 2.24) is 9.97 Å². The third-order valence-corrected chi connectivity index (χ3v) is 5.72. The molecule has 0 spiro atoms. The minimum Gasteiger partial charge on any atom is -0.379 e. The molecule has 0 unspecified atom stereocenters. The number of nitrogens with zero attached hydrogens (tertiary/aromatic N) is 1. The maximum absolute atomic E-state index is 12.5. The molecule has 0 fully saturated rings. The second-order valence-corrected chi connectivity index (χ2v) is 8.25. The monoisotopic (exact) mass is 406 g/mol. The first-order chi connectivity index (χ1) is 13.9. The summed E-state index contributed by atoms with van der Waals surface area (Å²) >= 11 is 0. The van der Waals surface area contributed by atoms with Crippen molar-refractivity contribution in [1.29, 1.82) is 0 Å². The highest BCUT2D eigenvalue weighted by atomic mass is 32.2. The lowest BCUT2D eigenvalue weighted by molar-refractivity contribution is 0.486. The summed E-state index contributed by atoms with van der Waals surface area (Å²) in [5.74, 6) is 0.593. The zero-order valence-corrected chi connectivity index (χ0v) is 16.4. The summed E-state index contributed by atoms with van der Waals surface area (Å²) < 4.78 is 30.1. The fourth-order valence-corrected chi connectivity index (χ4v) is 3.89. The van der Waals surface area contributed by atoms with E-state index in [9.17, 15) is 13.2 Å². The average molecular weight is 406 g/mol. The van der Waals surface area contributed by atoms with Crippen molar-refractivity contribution >= 4 is 21.0 Å². The molecule has 0 saturated heterocycles. The van der Waals surface area contributed by atoms with Crippen LogP contribution in [0.3, 0.4) is 0 Å². The van der Waals surface area contributed by atoms with Crippen molar-refractivity contribution in [2.24, 2.45) is 0 Å². The van der Waals surface area contributed by atoms with Crippen LogP contribution in [0.5, 0.6) is 5.75 Å². The maximum Gasteiger partial charge on any atom is 0.339 e. The second kappa shape index (κ2) is 7.52. The first-order valence-electron chi connectivity index (χ1n) is 8.99. The molecular formula is C22H18N2O4S. The molecule has 29 heavy (non-hydrogen) atoms. The predicted octanol–water partition coefficient (Wildman–Crippen LogP) is 3.59. The number of rotatable bonds is 5. The highest BCUT2D eigenvalue weighted by molar-refractivity contribution is 7.87. The average Bonchev–Trinajstić information content (AvgIpc) is 2.69. The Kier molecular flexibility index (Phi) is 4.90. The summed E-state index contributed by atoms with van der Waals surface area (Å²) in [6, 6.07) is 20.5. The normalized spacial score (nSPS) is 11.5. The number of H-pyrrole nitrogens is 1. The van der Waals surface area contributed by atoms with Crippen molar-refractivity contribution in [3.05, 3.63) is 100 Å². The Bertz CT molecular complexity index is 1330. The summed E-state index contributed by atoms with van der Waals surface area (Å²) in [4.78, 5) is 19.8. The number of hydrogen-bond donors (Lipinski definition) is 1. The van der Waals surface area contributed by atoms with Crippen LogP contribution in [0.4, 0.5) is 0 Å². The number of hydrogen-bond acceptors (Lipinski definition) is 5. The van der Waals surface area contributed by atoms with E-state index in [4.69, 9.17) is 4.18 Å². The molecule has 1 aromatic heterocycles. The first kappa shape index (κ1) is 18.9. The SMILES string of the molecule is Cc1ccc(S(=O)(=O)Oc2ccc3nc(Cc4ccccc4)[nH]c(=O)c3c2)cc1. The van der Waals surface area contributed by atoms with Gasteiger partial charge in [-0.25, -0.2) is 4.98 Å². The van der Waals surface area contributed by atoms with E-state index in [1.165, 1.54) is 24.3 Å². The number of benzene rings is 3. The quantitative estimate of drug-likeness (QED) is 0.512. The maximum atomic E-state index is 12.5. The number of aromatic amines is 1. The molecule has 6 nitrogen and oxygen atoms in total. The molecule has 3 aromatic carbocycles. The highest BCUT2D eigenvalue weighted by Gasteiger charge is 2.17. The standard InChI is InChI=1S/C22H18N2O4S/c1-15-7-10-18(11-8-15)29(26,27)28-17-9-12-20-19(14-17)22(25)24-21(23-20)13-16-5-3-2-4-6-16/h2-12,14H,13H2,1H3,(H,23,24,25). The molecule has 0 amide bonds. The number of aryl methyl sites for hydroxylation is 1. The second-order valence-electron chi connectivity index (χ2n) is 6.70. The van der Waals surface area contributed by atoms with Gasteiger partial charge >= 0.3 is 10.1 Å². The van der Waals surface area contributed by atoms with Gasteiger partial charge in [0.15, 0.2) is 0 Å². The molecular weight excluding hydrogens is 388 g/mol. The van der Waals surface area contributed by atoms with Crippen LogP contribution < -0.4 is 9.74 Å². The van der Waals surface area contributed by atoms with Gasteiger partial charge in [-0.3, -0.25) is 4.79 Å². The summed E-state index contributed by atoms with van der Waals surface area (Å²) in [5, 5.41) is 0.262. The van der Waals surface area contributed by atoms with Crippen molar-refractivity contribution in [3.63, 3.8) is 0 Å². The third-order valence-electron chi connectivity index (χ3n) is 4.46. The van der Waals surface area contributed by atoms with Crippen molar-refractivity contribution < 1.29 is 12.6 Å². The number of nitrogens with one attached hydrogen (secondary N) is 1. The first-order valence-corrected chi connectivity index (χ1v) is 10.4. The van der Waals surface area contributed by atoms with Crippen LogP contribution in [0.15, 0.2) is 82.5 Å². The van der Waals surface area contributed by atoms with Crippen molar-refractivity contribution in [3.8, 4) is 5.75 Å². The van der Waals surface area contributed by atoms with E-state index >= 15 is 0 Å². The Labute approximate surface area is 168 Å². The van der Waals surface area contributed by atoms with E-state index in [1.54, 1.807) is 18.2 Å². The topological polar surface area (TPSA) is 89.1 Å². The third kappa shape index (κ3) is 4.20. The van der Waals surface area contributed by atoms with E-state index in [-0.39, 0.29) is 21.6 Å². The molecule has 1 N–H and O–H groups in total. The lowest BCUT2D eigenvalue weighted by Gasteiger charge is -2.08. The largest absolute Gasteiger partial charge is 0.379 e. The summed E-state index contributed by atoms with van der Waals surface area (Å²) in [6.07, 6.45) is 0.492. The molecule has 4 rings (SSSR count). The van der Waals surface area contributed by atoms with E-state index in [0.717, 1.165) is 11.1 Å². The van der Waals surface area contributed by atoms with Crippen molar-refractivity contribution in [2.75, 3.05) is 0 Å². The van der Waals surface area contributed by atoms with Gasteiger partial charge in [-0.15, -0.1) is 0 Å². The zero-order valence-electron chi connectivity index (χ0n) is 15.6. The fraction of sp³-hybridized carbons (Fsp3) is 0.0909. The molecule has 0 atom stereocenters. The van der Waals surface area contributed by atoms with E-state index in [1.807, 2.05) is 37.3 Å². The Hall–Kier alpha value is -3.45. The smallest absolute Gasteiger partial charge is 0.339 e. The minimum atomic E-state index is -3.99. The molecule has 0 saturated carbocycles. The highest BCUT2D eigenvalue weighted by Crippen LogP contribution is 2.22. The van der Waals surface area contributed by atoms with Gasteiger partial charge in [0, 0.05) is 6.42 Å². The molecule has 0 aliphatic heterocycles. The predicted molar refractivity (Wildman–Crippen MR) is 111 cm³/mol. The minimum absolute atomic E-state index is 0.0495. The lowest BCUT2D eigenvalue weighted by Crippen LogP contribution is -2.13. The molecule has 0 aliphatic rings. The van der Waals surface area contributed by atoms with Crippen LogP contribution >= 0.6 is 0 Å². The van der Waals surface area contributed by atoms with Gasteiger partial charge in [0.1, 0.15) is 16.5 Å². The van der Waals surface area contributed by atoms with Gasteiger partial charge in [-0.05, 0) is 42.8 Å². The molecule has 0 bridgehead atoms. The molecule has 0 radical (unpaired) electrons. The number of aromatic nitrogens is 2. The van der Waals surface area contributed by atoms with Gasteiger partial charge in [-0.2, -0.15) is 8.42 Å².